The summed E-state index contributed by atoms with van der Waals surface area (Å²) in [5.74, 6) is -2.68. The van der Waals surface area contributed by atoms with Crippen LogP contribution in [-0.2, 0) is 19.5 Å². The van der Waals surface area contributed by atoms with E-state index in [1.807, 2.05) is 12.1 Å². The Kier molecular flexibility index (Phi) is 13.4. The van der Waals surface area contributed by atoms with Crippen LogP contribution >= 0.6 is 12.0 Å². The number of nitrogens with one attached hydrogen (secondary N) is 3. The largest absolute Gasteiger partial charge is 1.00 e. The van der Waals surface area contributed by atoms with Gasteiger partial charge in [-0.05, 0) is 88.3 Å². The fourth-order valence-electron chi connectivity index (χ4n) is 4.74. The minimum absolute atomic E-state index is 0. The summed E-state index contributed by atoms with van der Waals surface area (Å²) in [4.78, 5) is 36.8. The van der Waals surface area contributed by atoms with Crippen LogP contribution in [-0.4, -0.2) is 50.1 Å². The van der Waals surface area contributed by atoms with Gasteiger partial charge in [-0.3, -0.25) is 5.04 Å². The minimum Gasteiger partial charge on any atom is -0.744 e. The van der Waals surface area contributed by atoms with Gasteiger partial charge in [-0.2, -0.15) is 19.3 Å². The summed E-state index contributed by atoms with van der Waals surface area (Å²) in [5.41, 5.74) is 0.594. The van der Waals surface area contributed by atoms with Crippen LogP contribution in [0.5, 0.6) is 0 Å². The van der Waals surface area contributed by atoms with Crippen LogP contribution in [0, 0.1) is 0 Å². The van der Waals surface area contributed by atoms with Crippen LogP contribution in [0.3, 0.4) is 0 Å². The van der Waals surface area contributed by atoms with E-state index in [4.69, 9.17) is 0 Å². The summed E-state index contributed by atoms with van der Waals surface area (Å²) in [7, 11) is -4.64. The number of carbonyl (C=O) groups is 2. The molecule has 16 nitrogen and oxygen atoms in total. The van der Waals surface area contributed by atoms with Crippen LogP contribution in [0.1, 0.15) is 20.7 Å². The molecule has 248 valence electrons. The van der Waals surface area contributed by atoms with Crippen molar-refractivity contribution in [3.05, 3.63) is 102 Å². The number of carboxylic acid groups (broad SMARTS) is 2. The van der Waals surface area contributed by atoms with E-state index in [9.17, 15) is 38.0 Å². The van der Waals surface area contributed by atoms with E-state index in [1.165, 1.54) is 30.3 Å². The Balaban J connectivity index is 0.00000292. The molecular weight excluding hydrogens is 726 g/mol. The Morgan fingerprint density at radius 2 is 1.08 bits per heavy atom. The Hall–Kier alpha value is -3.89. The normalized spacial score (nSPS) is 10.9. The zero-order valence-electron chi connectivity index (χ0n) is 26.5. The zero-order valence-corrected chi connectivity index (χ0v) is 32.1. The molecule has 0 saturated heterocycles. The van der Waals surface area contributed by atoms with Gasteiger partial charge >= 0.3 is 71.1 Å². The molecule has 0 radical (unpaired) electrons. The SMILES string of the molecule is O=C(O)c1cc(Nc2nc(Nc3ccc4cc(SOO[O-])ccc4c3)nc(Nc3ccc4cc(S(=O)(=O)[O-])ccc4c3)n2)cc(C(=O)O)c1.[Na+].[Na+]. The molecular formula is C31H20N6Na2O10S2. The van der Waals surface area contributed by atoms with Crippen LogP contribution in [0.4, 0.5) is 34.9 Å². The molecule has 51 heavy (non-hydrogen) atoms. The van der Waals surface area contributed by atoms with Gasteiger partial charge in [-0.15, -0.1) is 0 Å². The molecule has 0 saturated carbocycles. The van der Waals surface area contributed by atoms with Crippen LogP contribution in [0.2, 0.25) is 0 Å². The van der Waals surface area contributed by atoms with E-state index in [-0.39, 0.29) is 98.7 Å². The van der Waals surface area contributed by atoms with E-state index in [1.54, 1.807) is 42.5 Å². The van der Waals surface area contributed by atoms with Crippen molar-refractivity contribution in [3.63, 3.8) is 0 Å². The molecule has 1 aromatic heterocycles. The number of aromatic nitrogens is 3. The predicted molar refractivity (Wildman–Crippen MR) is 174 cm³/mol. The third kappa shape index (κ3) is 10.1. The maximum atomic E-state index is 11.7. The monoisotopic (exact) mass is 746 g/mol. The summed E-state index contributed by atoms with van der Waals surface area (Å²) in [6.07, 6.45) is 0. The van der Waals surface area contributed by atoms with Crippen molar-refractivity contribution in [2.24, 2.45) is 0 Å². The number of carboxylic acids is 2. The summed E-state index contributed by atoms with van der Waals surface area (Å²) in [6, 6.07) is 23.0. The number of hydrogen-bond donors (Lipinski definition) is 5. The van der Waals surface area contributed by atoms with Crippen molar-refractivity contribution in [1.29, 1.82) is 0 Å². The van der Waals surface area contributed by atoms with Crippen LogP contribution in [0.25, 0.3) is 21.5 Å². The maximum absolute atomic E-state index is 11.7. The summed E-state index contributed by atoms with van der Waals surface area (Å²) < 4.78 is 38.7. The summed E-state index contributed by atoms with van der Waals surface area (Å²) in [6.45, 7) is 0. The molecule has 0 amide bonds. The van der Waals surface area contributed by atoms with Crippen molar-refractivity contribution >= 4 is 90.6 Å². The molecule has 20 heteroatoms. The quantitative estimate of drug-likeness (QED) is 0.0329. The molecule has 1 heterocycles. The van der Waals surface area contributed by atoms with Crippen molar-refractivity contribution in [3.8, 4) is 0 Å². The Morgan fingerprint density at radius 1 is 0.627 bits per heavy atom. The first-order chi connectivity index (χ1) is 23.4. The van der Waals surface area contributed by atoms with Crippen molar-refractivity contribution in [1.82, 2.24) is 15.0 Å². The molecule has 0 atom stereocenters. The molecule has 5 N–H and O–H groups in total. The number of hydrogen-bond acceptors (Lipinski definition) is 15. The van der Waals surface area contributed by atoms with Gasteiger partial charge in [0.05, 0.1) is 28.1 Å². The summed E-state index contributed by atoms with van der Waals surface area (Å²) >= 11 is 0.760. The van der Waals surface area contributed by atoms with Gasteiger partial charge in [0.25, 0.3) is 0 Å². The Labute approximate surface area is 337 Å². The van der Waals surface area contributed by atoms with Gasteiger partial charge in [-0.1, -0.05) is 24.3 Å². The fraction of sp³-hybridized carbons (Fsp3) is 0. The number of benzene rings is 5. The first-order valence-electron chi connectivity index (χ1n) is 13.8. The predicted octanol–water partition coefficient (Wildman–Crippen LogP) is -1.05. The van der Waals surface area contributed by atoms with Crippen molar-refractivity contribution in [2.45, 2.75) is 9.79 Å². The second-order valence-corrected chi connectivity index (χ2v) is 12.4. The van der Waals surface area contributed by atoms with Gasteiger partial charge in [0.2, 0.25) is 17.8 Å². The van der Waals surface area contributed by atoms with E-state index in [0.717, 1.165) is 28.9 Å². The Bertz CT molecular complexity index is 2360. The van der Waals surface area contributed by atoms with E-state index >= 15 is 0 Å². The number of fused-ring (bicyclic) bond motifs is 2. The topological polar surface area (TPSA) is 248 Å². The van der Waals surface area contributed by atoms with Gasteiger partial charge in [0.1, 0.15) is 10.1 Å². The first kappa shape index (κ1) is 39.9. The van der Waals surface area contributed by atoms with Crippen LogP contribution < -0.4 is 80.3 Å². The smallest absolute Gasteiger partial charge is 0.744 e. The molecule has 0 aliphatic heterocycles. The molecule has 0 aliphatic rings. The number of aromatic carboxylic acids is 2. The standard InChI is InChI=1S/C31H22N6O10S2.2Na/c38-27(39)20-9-21(28(40)41)13-24(12-20)34-31-36-29(32-22-5-1-18-14-25(48-47-46-42)7-3-16(18)10-22)35-30(37-31)33-23-6-2-19-15-26(49(43,44)45)8-4-17(19)11-23;;/h1-15,42H,(H,38,39)(H,40,41)(H,43,44,45)(H3,32,33,34,35,36,37);;/q;2*+1/p-2. The second-order valence-electron chi connectivity index (χ2n) is 10.2. The average molecular weight is 747 g/mol. The van der Waals surface area contributed by atoms with Crippen molar-refractivity contribution in [2.75, 3.05) is 16.0 Å². The molecule has 0 spiro atoms. The molecule has 5 aromatic carbocycles. The van der Waals surface area contributed by atoms with Gasteiger partial charge in [0.15, 0.2) is 0 Å². The number of rotatable bonds is 12. The molecule has 6 aromatic rings. The van der Waals surface area contributed by atoms with Gasteiger partial charge < -0.3 is 36.0 Å². The molecule has 0 aliphatic carbocycles. The third-order valence-corrected chi connectivity index (χ3v) is 8.30. The summed E-state index contributed by atoms with van der Waals surface area (Å²) in [5, 5.41) is 44.3. The molecule has 0 unspecified atom stereocenters. The minimum atomic E-state index is -4.64. The maximum Gasteiger partial charge on any atom is 1.00 e. The van der Waals surface area contributed by atoms with Crippen LogP contribution in [0.15, 0.2) is 101 Å². The number of anilines is 6. The van der Waals surface area contributed by atoms with E-state index < -0.39 is 22.1 Å². The van der Waals surface area contributed by atoms with Gasteiger partial charge in [0, 0.05) is 22.0 Å². The van der Waals surface area contributed by atoms with E-state index in [2.05, 4.69) is 40.3 Å². The zero-order chi connectivity index (χ0) is 34.7. The van der Waals surface area contributed by atoms with Crippen molar-refractivity contribution < 1.29 is 107 Å². The fourth-order valence-corrected chi connectivity index (χ4v) is 5.65. The molecule has 0 bridgehead atoms. The van der Waals surface area contributed by atoms with Gasteiger partial charge in [-0.25, -0.2) is 18.0 Å². The molecule has 6 rings (SSSR count). The third-order valence-electron chi connectivity index (χ3n) is 6.90. The molecule has 0 fully saturated rings. The second kappa shape index (κ2) is 17.1. The number of nitrogens with zero attached hydrogens (tertiary/aromatic N) is 3. The average Bonchev–Trinajstić information content (AvgIpc) is 3.06. The first-order valence-corrected chi connectivity index (χ1v) is 15.9. The Morgan fingerprint density at radius 3 is 1.57 bits per heavy atom. The van der Waals surface area contributed by atoms with E-state index in [0.29, 0.717) is 27.0 Å².